The standard InChI is InChI=1S/C15H23NO2/c1-6-16(14(17)18-15(3,4)5)12(2)13-10-8-7-9-11-13/h7-12H,6H2,1-5H3/t12-/m1/s1. The Kier molecular flexibility index (Phi) is 4.76. The fourth-order valence-electron chi connectivity index (χ4n) is 1.79. The van der Waals surface area contributed by atoms with Crippen molar-refractivity contribution in [2.45, 2.75) is 46.3 Å². The molecule has 0 unspecified atom stereocenters. The summed E-state index contributed by atoms with van der Waals surface area (Å²) >= 11 is 0. The molecule has 0 aliphatic heterocycles. The summed E-state index contributed by atoms with van der Waals surface area (Å²) < 4.78 is 5.42. The van der Waals surface area contributed by atoms with E-state index in [0.29, 0.717) is 6.54 Å². The van der Waals surface area contributed by atoms with Gasteiger partial charge in [0.15, 0.2) is 0 Å². The second-order valence-electron chi connectivity index (χ2n) is 5.35. The molecule has 18 heavy (non-hydrogen) atoms. The van der Waals surface area contributed by atoms with Crippen molar-refractivity contribution >= 4 is 6.09 Å². The fourth-order valence-corrected chi connectivity index (χ4v) is 1.79. The van der Waals surface area contributed by atoms with E-state index in [9.17, 15) is 4.79 Å². The molecule has 1 aromatic carbocycles. The highest BCUT2D eigenvalue weighted by molar-refractivity contribution is 5.68. The number of carbonyl (C=O) groups excluding carboxylic acids is 1. The van der Waals surface area contributed by atoms with Crippen molar-refractivity contribution in [1.29, 1.82) is 0 Å². The van der Waals surface area contributed by atoms with Gasteiger partial charge in [0.1, 0.15) is 5.60 Å². The van der Waals surface area contributed by atoms with Crippen LogP contribution in [0.1, 0.15) is 46.2 Å². The van der Waals surface area contributed by atoms with Gasteiger partial charge in [-0.05, 0) is 40.2 Å². The van der Waals surface area contributed by atoms with Crippen LogP contribution in [-0.2, 0) is 4.74 Å². The van der Waals surface area contributed by atoms with Crippen molar-refractivity contribution in [3.8, 4) is 0 Å². The number of hydrogen-bond acceptors (Lipinski definition) is 2. The predicted molar refractivity (Wildman–Crippen MR) is 73.5 cm³/mol. The quantitative estimate of drug-likeness (QED) is 0.810. The van der Waals surface area contributed by atoms with Gasteiger partial charge >= 0.3 is 6.09 Å². The molecule has 0 saturated carbocycles. The summed E-state index contributed by atoms with van der Waals surface area (Å²) in [6.45, 7) is 10.3. The molecule has 3 heteroatoms. The topological polar surface area (TPSA) is 29.5 Å². The largest absolute Gasteiger partial charge is 0.444 e. The molecule has 0 heterocycles. The van der Waals surface area contributed by atoms with E-state index in [1.54, 1.807) is 4.90 Å². The molecule has 0 fully saturated rings. The van der Waals surface area contributed by atoms with Crippen LogP contribution in [0.15, 0.2) is 30.3 Å². The summed E-state index contributed by atoms with van der Waals surface area (Å²) in [7, 11) is 0. The molecule has 3 nitrogen and oxygen atoms in total. The molecule has 0 aromatic heterocycles. The highest BCUT2D eigenvalue weighted by Gasteiger charge is 2.25. The van der Waals surface area contributed by atoms with E-state index in [1.807, 2.05) is 65.0 Å². The van der Waals surface area contributed by atoms with Crippen molar-refractivity contribution in [2.75, 3.05) is 6.54 Å². The van der Waals surface area contributed by atoms with Crippen LogP contribution in [0.5, 0.6) is 0 Å². The van der Waals surface area contributed by atoms with Crippen molar-refractivity contribution in [2.24, 2.45) is 0 Å². The lowest BCUT2D eigenvalue weighted by Crippen LogP contribution is -2.38. The average molecular weight is 249 g/mol. The van der Waals surface area contributed by atoms with Crippen molar-refractivity contribution in [3.63, 3.8) is 0 Å². The third-order valence-corrected chi connectivity index (χ3v) is 2.72. The number of carbonyl (C=O) groups is 1. The van der Waals surface area contributed by atoms with Crippen LogP contribution >= 0.6 is 0 Å². The minimum absolute atomic E-state index is 0.0195. The number of amides is 1. The van der Waals surface area contributed by atoms with Crippen molar-refractivity contribution in [3.05, 3.63) is 35.9 Å². The van der Waals surface area contributed by atoms with Crippen molar-refractivity contribution in [1.82, 2.24) is 4.90 Å². The van der Waals surface area contributed by atoms with E-state index in [0.717, 1.165) is 5.56 Å². The minimum atomic E-state index is -0.457. The monoisotopic (exact) mass is 249 g/mol. The Labute approximate surface area is 110 Å². The molecule has 1 amide bonds. The molecule has 0 bridgehead atoms. The second-order valence-corrected chi connectivity index (χ2v) is 5.35. The van der Waals surface area contributed by atoms with Gasteiger partial charge in [0.25, 0.3) is 0 Å². The molecule has 100 valence electrons. The van der Waals surface area contributed by atoms with E-state index in [-0.39, 0.29) is 12.1 Å². The average Bonchev–Trinajstić information content (AvgIpc) is 2.28. The van der Waals surface area contributed by atoms with Crippen LogP contribution in [0.3, 0.4) is 0 Å². The van der Waals surface area contributed by atoms with Gasteiger partial charge in [-0.2, -0.15) is 0 Å². The Morgan fingerprint density at radius 2 is 1.83 bits per heavy atom. The summed E-state index contributed by atoms with van der Waals surface area (Å²) in [4.78, 5) is 13.8. The summed E-state index contributed by atoms with van der Waals surface area (Å²) in [5.41, 5.74) is 0.659. The van der Waals surface area contributed by atoms with E-state index >= 15 is 0 Å². The maximum absolute atomic E-state index is 12.1. The summed E-state index contributed by atoms with van der Waals surface area (Å²) in [5, 5.41) is 0. The van der Waals surface area contributed by atoms with Gasteiger partial charge < -0.3 is 9.64 Å². The lowest BCUT2D eigenvalue weighted by atomic mass is 10.1. The van der Waals surface area contributed by atoms with E-state index in [2.05, 4.69) is 0 Å². The zero-order chi connectivity index (χ0) is 13.8. The first-order valence-electron chi connectivity index (χ1n) is 6.39. The highest BCUT2D eigenvalue weighted by atomic mass is 16.6. The summed E-state index contributed by atoms with van der Waals surface area (Å²) in [6, 6.07) is 10.0. The Morgan fingerprint density at radius 3 is 2.28 bits per heavy atom. The maximum atomic E-state index is 12.1. The predicted octanol–water partition coefficient (Wildman–Crippen LogP) is 4.00. The zero-order valence-electron chi connectivity index (χ0n) is 11.9. The number of nitrogens with zero attached hydrogens (tertiary/aromatic N) is 1. The van der Waals surface area contributed by atoms with Gasteiger partial charge in [-0.25, -0.2) is 4.79 Å². The zero-order valence-corrected chi connectivity index (χ0v) is 11.9. The molecule has 1 rings (SSSR count). The third kappa shape index (κ3) is 4.06. The first-order chi connectivity index (χ1) is 8.35. The number of hydrogen-bond donors (Lipinski definition) is 0. The van der Waals surface area contributed by atoms with E-state index < -0.39 is 5.60 Å². The molecule has 0 aliphatic rings. The van der Waals surface area contributed by atoms with Crippen LogP contribution in [0.25, 0.3) is 0 Å². The molecular weight excluding hydrogens is 226 g/mol. The molecule has 1 aromatic rings. The van der Waals surface area contributed by atoms with Gasteiger partial charge in [-0.3, -0.25) is 0 Å². The molecule has 0 aliphatic carbocycles. The number of rotatable bonds is 3. The molecule has 0 spiro atoms. The Bertz CT molecular complexity index is 381. The van der Waals surface area contributed by atoms with E-state index in [4.69, 9.17) is 4.74 Å². The lowest BCUT2D eigenvalue weighted by Gasteiger charge is -2.31. The highest BCUT2D eigenvalue weighted by Crippen LogP contribution is 2.22. The van der Waals surface area contributed by atoms with Gasteiger partial charge in [-0.15, -0.1) is 0 Å². The van der Waals surface area contributed by atoms with Gasteiger partial charge in [0, 0.05) is 6.54 Å². The van der Waals surface area contributed by atoms with E-state index in [1.165, 1.54) is 0 Å². The minimum Gasteiger partial charge on any atom is -0.444 e. The molecule has 0 radical (unpaired) electrons. The first kappa shape index (κ1) is 14.6. The third-order valence-electron chi connectivity index (χ3n) is 2.72. The van der Waals surface area contributed by atoms with Gasteiger partial charge in [0.2, 0.25) is 0 Å². The van der Waals surface area contributed by atoms with Crippen molar-refractivity contribution < 1.29 is 9.53 Å². The molecular formula is C15H23NO2. The Morgan fingerprint density at radius 1 is 1.28 bits per heavy atom. The first-order valence-corrected chi connectivity index (χ1v) is 6.39. The Balaban J connectivity index is 2.81. The normalized spacial score (nSPS) is 12.9. The SMILES string of the molecule is CCN(C(=O)OC(C)(C)C)[C@H](C)c1ccccc1. The number of benzene rings is 1. The fraction of sp³-hybridized carbons (Fsp3) is 0.533. The second kappa shape index (κ2) is 5.89. The molecule has 0 saturated heterocycles. The van der Waals surface area contributed by atoms with Crippen LogP contribution in [-0.4, -0.2) is 23.1 Å². The summed E-state index contributed by atoms with van der Waals surface area (Å²) in [5.74, 6) is 0. The lowest BCUT2D eigenvalue weighted by molar-refractivity contribution is 0.0186. The van der Waals surface area contributed by atoms with Gasteiger partial charge in [-0.1, -0.05) is 30.3 Å². The van der Waals surface area contributed by atoms with Crippen LogP contribution in [0.4, 0.5) is 4.79 Å². The van der Waals surface area contributed by atoms with Crippen LogP contribution in [0, 0.1) is 0 Å². The Hall–Kier alpha value is -1.51. The smallest absolute Gasteiger partial charge is 0.410 e. The van der Waals surface area contributed by atoms with Gasteiger partial charge in [0.05, 0.1) is 6.04 Å². The number of ether oxygens (including phenoxy) is 1. The maximum Gasteiger partial charge on any atom is 0.410 e. The summed E-state index contributed by atoms with van der Waals surface area (Å²) in [6.07, 6.45) is -0.263. The molecule has 1 atom stereocenters. The van der Waals surface area contributed by atoms with Crippen LogP contribution < -0.4 is 0 Å². The van der Waals surface area contributed by atoms with Crippen LogP contribution in [0.2, 0.25) is 0 Å². The molecule has 0 N–H and O–H groups in total.